The van der Waals surface area contributed by atoms with Crippen molar-refractivity contribution in [3.8, 4) is 0 Å². The molecule has 6 heteroatoms. The van der Waals surface area contributed by atoms with Crippen LogP contribution in [0, 0.1) is 11.8 Å². The molecule has 94 valence electrons. The largest absolute Gasteiger partial charge is 0.481 e. The lowest BCUT2D eigenvalue weighted by atomic mass is 9.72. The molecule has 1 fully saturated rings. The molecule has 1 saturated carbocycles. The molecule has 4 nitrogen and oxygen atoms in total. The molecule has 0 saturated heterocycles. The minimum Gasteiger partial charge on any atom is -0.481 e. The van der Waals surface area contributed by atoms with Crippen molar-refractivity contribution in [2.45, 2.75) is 31.8 Å². The summed E-state index contributed by atoms with van der Waals surface area (Å²) in [6.45, 7) is 1.88. The van der Waals surface area contributed by atoms with Crippen LogP contribution < -0.4 is 0 Å². The molecular weight excluding hydrogens is 306 g/mol. The van der Waals surface area contributed by atoms with Crippen LogP contribution in [0.5, 0.6) is 0 Å². The predicted molar refractivity (Wildman–Crippen MR) is 67.9 cm³/mol. The van der Waals surface area contributed by atoms with Crippen LogP contribution in [0.4, 0.5) is 0 Å². The average Bonchev–Trinajstić information content (AvgIpc) is 2.64. The van der Waals surface area contributed by atoms with E-state index < -0.39 is 11.6 Å². The van der Waals surface area contributed by atoms with E-state index in [2.05, 4.69) is 20.9 Å². The van der Waals surface area contributed by atoms with Crippen LogP contribution >= 0.6 is 27.3 Å². The van der Waals surface area contributed by atoms with Crippen LogP contribution in [0.1, 0.15) is 31.2 Å². The molecule has 1 heterocycles. The van der Waals surface area contributed by atoms with Crippen LogP contribution in [0.3, 0.4) is 0 Å². The van der Waals surface area contributed by atoms with Gasteiger partial charge in [-0.1, -0.05) is 6.92 Å². The number of hydrogen-bond acceptors (Lipinski definition) is 4. The van der Waals surface area contributed by atoms with Crippen LogP contribution in [-0.4, -0.2) is 21.2 Å². The number of nitrogens with zero attached hydrogens (tertiary/aromatic N) is 1. The van der Waals surface area contributed by atoms with Crippen molar-refractivity contribution < 1.29 is 15.0 Å². The van der Waals surface area contributed by atoms with Crippen molar-refractivity contribution in [1.82, 2.24) is 4.98 Å². The Kier molecular flexibility index (Phi) is 3.56. The molecule has 1 aromatic rings. The quantitative estimate of drug-likeness (QED) is 0.879. The van der Waals surface area contributed by atoms with Gasteiger partial charge in [-0.05, 0) is 41.1 Å². The molecule has 0 aromatic carbocycles. The highest BCUT2D eigenvalue weighted by Crippen LogP contribution is 2.44. The second-order valence-electron chi connectivity index (χ2n) is 4.67. The third kappa shape index (κ3) is 2.53. The minimum atomic E-state index is -0.956. The number of carboxylic acids is 1. The third-order valence-corrected chi connectivity index (χ3v) is 5.08. The van der Waals surface area contributed by atoms with Crippen molar-refractivity contribution in [3.05, 3.63) is 15.0 Å². The van der Waals surface area contributed by atoms with Crippen molar-refractivity contribution in [3.63, 3.8) is 0 Å². The fraction of sp³-hybridized carbons (Fsp3) is 0.636. The summed E-state index contributed by atoms with van der Waals surface area (Å²) in [5, 5.41) is 20.3. The van der Waals surface area contributed by atoms with Gasteiger partial charge < -0.3 is 10.2 Å². The zero-order chi connectivity index (χ0) is 12.6. The molecule has 17 heavy (non-hydrogen) atoms. The Labute approximate surface area is 112 Å². The summed E-state index contributed by atoms with van der Waals surface area (Å²) in [6.07, 6.45) is 3.11. The molecule has 1 aliphatic carbocycles. The van der Waals surface area contributed by atoms with Gasteiger partial charge in [0.15, 0.2) is 0 Å². The topological polar surface area (TPSA) is 70.4 Å². The molecule has 3 atom stereocenters. The first-order valence-electron chi connectivity index (χ1n) is 5.49. The van der Waals surface area contributed by atoms with Crippen molar-refractivity contribution in [2.75, 3.05) is 0 Å². The van der Waals surface area contributed by atoms with Crippen LogP contribution in [0.25, 0.3) is 0 Å². The molecule has 2 rings (SSSR count). The van der Waals surface area contributed by atoms with Gasteiger partial charge >= 0.3 is 5.97 Å². The van der Waals surface area contributed by atoms with Gasteiger partial charge in [-0.3, -0.25) is 4.79 Å². The molecule has 1 aromatic heterocycles. The first kappa shape index (κ1) is 13.0. The number of hydrogen-bond donors (Lipinski definition) is 2. The Morgan fingerprint density at radius 3 is 2.88 bits per heavy atom. The van der Waals surface area contributed by atoms with E-state index in [9.17, 15) is 9.90 Å². The maximum atomic E-state index is 11.0. The van der Waals surface area contributed by atoms with Gasteiger partial charge in [0.1, 0.15) is 10.6 Å². The number of carboxylic acid groups (broad SMARTS) is 1. The Balaban J connectivity index is 2.17. The van der Waals surface area contributed by atoms with Gasteiger partial charge in [-0.15, -0.1) is 11.3 Å². The third-order valence-electron chi connectivity index (χ3n) is 3.41. The maximum absolute atomic E-state index is 11.0. The van der Waals surface area contributed by atoms with Gasteiger partial charge in [0, 0.05) is 0 Å². The summed E-state index contributed by atoms with van der Waals surface area (Å²) in [7, 11) is 0. The standard InChI is InChI=1S/C11H14BrNO3S/c1-6-4-11(16,3-2-7(6)9(14)15)10-13-5-8(12)17-10/h5-7,16H,2-4H2,1H3,(H,14,15)/t6-,7-,11+/m0/s1. The number of aliphatic hydroxyl groups is 1. The van der Waals surface area contributed by atoms with E-state index in [0.717, 1.165) is 3.79 Å². The SMILES string of the molecule is C[C@H]1C[C@@](O)(c2ncc(Br)s2)CC[C@@H]1C(=O)O. The molecule has 0 bridgehead atoms. The van der Waals surface area contributed by atoms with E-state index in [4.69, 9.17) is 5.11 Å². The zero-order valence-corrected chi connectivity index (χ0v) is 11.8. The smallest absolute Gasteiger partial charge is 0.306 e. The summed E-state index contributed by atoms with van der Waals surface area (Å²) in [6, 6.07) is 0. The fourth-order valence-corrected chi connectivity index (χ4v) is 3.82. The molecule has 1 aliphatic rings. The van der Waals surface area contributed by atoms with Crippen LogP contribution in [0.2, 0.25) is 0 Å². The Bertz CT molecular complexity index is 436. The predicted octanol–water partition coefficient (Wildman–Crippen LogP) is 2.61. The first-order valence-corrected chi connectivity index (χ1v) is 7.10. The fourth-order valence-electron chi connectivity index (χ4n) is 2.49. The molecule has 0 spiro atoms. The molecule has 0 unspecified atom stereocenters. The van der Waals surface area contributed by atoms with Crippen molar-refractivity contribution in [1.29, 1.82) is 0 Å². The second-order valence-corrected chi connectivity index (χ2v) is 7.08. The van der Waals surface area contributed by atoms with Crippen LogP contribution in [-0.2, 0) is 10.4 Å². The first-order chi connectivity index (χ1) is 7.92. The summed E-state index contributed by atoms with van der Waals surface area (Å²) in [5.41, 5.74) is -0.956. The van der Waals surface area contributed by atoms with E-state index in [1.54, 1.807) is 6.20 Å². The monoisotopic (exact) mass is 319 g/mol. The van der Waals surface area contributed by atoms with Gasteiger partial charge in [0.05, 0.1) is 15.9 Å². The highest BCUT2D eigenvalue weighted by molar-refractivity contribution is 9.11. The molecule has 0 aliphatic heterocycles. The Hall–Kier alpha value is -0.460. The minimum absolute atomic E-state index is 0.0334. The number of aliphatic carboxylic acids is 1. The number of halogens is 1. The normalized spacial score (nSPS) is 33.6. The lowest BCUT2D eigenvalue weighted by molar-refractivity contribution is -0.148. The Morgan fingerprint density at radius 1 is 1.71 bits per heavy atom. The van der Waals surface area contributed by atoms with Gasteiger partial charge in [0.25, 0.3) is 0 Å². The number of aromatic nitrogens is 1. The highest BCUT2D eigenvalue weighted by Gasteiger charge is 2.43. The average molecular weight is 320 g/mol. The van der Waals surface area contributed by atoms with E-state index >= 15 is 0 Å². The van der Waals surface area contributed by atoms with Crippen LogP contribution in [0.15, 0.2) is 9.98 Å². The summed E-state index contributed by atoms with van der Waals surface area (Å²) < 4.78 is 0.883. The summed E-state index contributed by atoms with van der Waals surface area (Å²) >= 11 is 4.74. The van der Waals surface area contributed by atoms with E-state index in [1.165, 1.54) is 11.3 Å². The lowest BCUT2D eigenvalue weighted by Gasteiger charge is -2.37. The summed E-state index contributed by atoms with van der Waals surface area (Å²) in [5.74, 6) is -1.15. The number of rotatable bonds is 2. The lowest BCUT2D eigenvalue weighted by Crippen LogP contribution is -2.38. The molecule has 2 N–H and O–H groups in total. The van der Waals surface area contributed by atoms with Crippen molar-refractivity contribution in [2.24, 2.45) is 11.8 Å². The number of thiazole rings is 1. The second kappa shape index (κ2) is 4.66. The molecular formula is C11H14BrNO3S. The van der Waals surface area contributed by atoms with Gasteiger partial charge in [0.2, 0.25) is 0 Å². The van der Waals surface area contributed by atoms with Gasteiger partial charge in [-0.25, -0.2) is 4.98 Å². The highest BCUT2D eigenvalue weighted by atomic mass is 79.9. The summed E-state index contributed by atoms with van der Waals surface area (Å²) in [4.78, 5) is 15.2. The van der Waals surface area contributed by atoms with E-state index in [1.807, 2.05) is 6.92 Å². The number of carbonyl (C=O) groups is 1. The van der Waals surface area contributed by atoms with E-state index in [0.29, 0.717) is 24.3 Å². The molecule has 0 radical (unpaired) electrons. The zero-order valence-electron chi connectivity index (χ0n) is 9.39. The van der Waals surface area contributed by atoms with Gasteiger partial charge in [-0.2, -0.15) is 0 Å². The van der Waals surface area contributed by atoms with Crippen molar-refractivity contribution >= 4 is 33.2 Å². The maximum Gasteiger partial charge on any atom is 0.306 e. The van der Waals surface area contributed by atoms with E-state index in [-0.39, 0.29) is 11.8 Å². The molecule has 0 amide bonds. The Morgan fingerprint density at radius 2 is 2.41 bits per heavy atom.